The molecule has 0 saturated carbocycles. The lowest BCUT2D eigenvalue weighted by Crippen LogP contribution is -2.51. The quantitative estimate of drug-likeness (QED) is 0.719. The summed E-state index contributed by atoms with van der Waals surface area (Å²) in [6.45, 7) is 11.7. The highest BCUT2D eigenvalue weighted by Gasteiger charge is 2.32. The number of likely N-dealkylation sites (N-methyl/N-ethyl adjacent to an activating group) is 1. The van der Waals surface area contributed by atoms with E-state index in [0.717, 1.165) is 89.1 Å². The van der Waals surface area contributed by atoms with E-state index in [9.17, 15) is 5.26 Å². The molecule has 34 heavy (non-hydrogen) atoms. The number of fused-ring (bicyclic) bond motifs is 1. The molecule has 1 N–H and O–H groups in total. The Bertz CT molecular complexity index is 1010. The first-order valence-corrected chi connectivity index (χ1v) is 12.3. The average Bonchev–Trinajstić information content (AvgIpc) is 2.84. The lowest BCUT2D eigenvalue weighted by atomic mass is 9.94. The van der Waals surface area contributed by atoms with Crippen molar-refractivity contribution in [1.29, 1.82) is 5.26 Å². The minimum Gasteiger partial charge on any atom is -0.353 e. The molecule has 1 aromatic carbocycles. The molecule has 0 spiro atoms. The monoisotopic (exact) mass is 481 g/mol. The molecule has 182 valence electrons. The van der Waals surface area contributed by atoms with Crippen LogP contribution in [0.2, 0.25) is 0 Å². The topological polar surface area (TPSA) is 61.7 Å². The molecule has 4 heterocycles. The zero-order valence-corrected chi connectivity index (χ0v) is 21.2. The number of rotatable bonds is 4. The van der Waals surface area contributed by atoms with Crippen LogP contribution in [0, 0.1) is 11.3 Å². The Morgan fingerprint density at radius 1 is 1.03 bits per heavy atom. The van der Waals surface area contributed by atoms with Crippen molar-refractivity contribution in [3.63, 3.8) is 0 Å². The molecule has 0 amide bonds. The summed E-state index contributed by atoms with van der Waals surface area (Å²) in [4.78, 5) is 14.9. The van der Waals surface area contributed by atoms with Gasteiger partial charge < -0.3 is 20.0 Å². The molecule has 7 nitrogen and oxygen atoms in total. The van der Waals surface area contributed by atoms with Crippen molar-refractivity contribution < 1.29 is 0 Å². The molecule has 0 unspecified atom stereocenters. The molecule has 0 radical (unpaired) electrons. The highest BCUT2D eigenvalue weighted by atomic mass is 35.5. The van der Waals surface area contributed by atoms with Crippen molar-refractivity contribution >= 4 is 24.0 Å². The summed E-state index contributed by atoms with van der Waals surface area (Å²) >= 11 is 0. The van der Waals surface area contributed by atoms with Gasteiger partial charge in [-0.05, 0) is 31.5 Å². The highest BCUT2D eigenvalue weighted by molar-refractivity contribution is 5.85. The Balaban J connectivity index is 0.00000274. The maximum absolute atomic E-state index is 10.3. The maximum atomic E-state index is 10.3. The molecule has 1 atom stereocenters. The number of nitriles is 1. The van der Waals surface area contributed by atoms with Gasteiger partial charge in [0.2, 0.25) is 0 Å². The Kier molecular flexibility index (Phi) is 7.95. The molecule has 1 aromatic heterocycles. The summed E-state index contributed by atoms with van der Waals surface area (Å²) in [5, 5.41) is 13.8. The van der Waals surface area contributed by atoms with E-state index in [1.54, 1.807) is 0 Å². The van der Waals surface area contributed by atoms with E-state index in [1.165, 1.54) is 16.7 Å². The first-order valence-electron chi connectivity index (χ1n) is 12.3. The van der Waals surface area contributed by atoms with Crippen molar-refractivity contribution in [1.82, 2.24) is 20.1 Å². The Labute approximate surface area is 209 Å². The van der Waals surface area contributed by atoms with Crippen molar-refractivity contribution in [2.75, 3.05) is 69.2 Å². The number of pyridine rings is 1. The Hall–Kier alpha value is -2.37. The zero-order chi connectivity index (χ0) is 22.8. The van der Waals surface area contributed by atoms with Crippen LogP contribution in [0.3, 0.4) is 0 Å². The van der Waals surface area contributed by atoms with Gasteiger partial charge in [-0.25, -0.2) is 4.98 Å². The predicted octanol–water partition coefficient (Wildman–Crippen LogP) is 2.48. The van der Waals surface area contributed by atoms with Crippen molar-refractivity contribution in [3.05, 3.63) is 52.6 Å². The molecule has 0 aliphatic carbocycles. The summed E-state index contributed by atoms with van der Waals surface area (Å²) in [7, 11) is 2.16. The Morgan fingerprint density at radius 3 is 2.50 bits per heavy atom. The first-order chi connectivity index (χ1) is 16.1. The van der Waals surface area contributed by atoms with Crippen molar-refractivity contribution in [2.45, 2.75) is 32.5 Å². The third-order valence-electron chi connectivity index (χ3n) is 7.37. The molecular formula is C26H36ClN7. The van der Waals surface area contributed by atoms with Gasteiger partial charge in [-0.1, -0.05) is 30.3 Å². The second-order valence-electron chi connectivity index (χ2n) is 9.69. The molecule has 2 fully saturated rings. The van der Waals surface area contributed by atoms with Crippen LogP contribution in [-0.2, 0) is 19.5 Å². The minimum atomic E-state index is 0. The van der Waals surface area contributed by atoms with Gasteiger partial charge in [0.05, 0.1) is 5.56 Å². The SMILES string of the molecule is C[C@@H]1CNCCN1c1nc(N2CCN(C)CC2)c(C#N)c2c1CCN(Cc1ccccc1)C2.Cl. The van der Waals surface area contributed by atoms with Gasteiger partial charge in [-0.15, -0.1) is 12.4 Å². The summed E-state index contributed by atoms with van der Waals surface area (Å²) in [6, 6.07) is 13.6. The Morgan fingerprint density at radius 2 is 1.79 bits per heavy atom. The molecule has 2 saturated heterocycles. The zero-order valence-electron chi connectivity index (χ0n) is 20.3. The van der Waals surface area contributed by atoms with Crippen LogP contribution in [0.5, 0.6) is 0 Å². The summed E-state index contributed by atoms with van der Waals surface area (Å²) < 4.78 is 0. The average molecular weight is 482 g/mol. The number of piperazine rings is 2. The largest absolute Gasteiger partial charge is 0.353 e. The molecule has 5 rings (SSSR count). The van der Waals surface area contributed by atoms with Gasteiger partial charge in [0.25, 0.3) is 0 Å². The second kappa shape index (κ2) is 10.9. The van der Waals surface area contributed by atoms with E-state index >= 15 is 0 Å². The van der Waals surface area contributed by atoms with Crippen LogP contribution in [0.1, 0.15) is 29.2 Å². The van der Waals surface area contributed by atoms with Crippen LogP contribution in [0.25, 0.3) is 0 Å². The molecule has 3 aliphatic rings. The van der Waals surface area contributed by atoms with E-state index in [0.29, 0.717) is 6.04 Å². The molecular weight excluding hydrogens is 446 g/mol. The summed E-state index contributed by atoms with van der Waals surface area (Å²) in [5.74, 6) is 2.01. The predicted molar refractivity (Wildman–Crippen MR) is 140 cm³/mol. The molecule has 8 heteroatoms. The first kappa shape index (κ1) is 24.7. The lowest BCUT2D eigenvalue weighted by Gasteiger charge is -2.40. The fourth-order valence-corrected chi connectivity index (χ4v) is 5.39. The third-order valence-corrected chi connectivity index (χ3v) is 7.37. The number of nitrogens with one attached hydrogen (secondary N) is 1. The van der Waals surface area contributed by atoms with Gasteiger partial charge in [0.15, 0.2) is 0 Å². The fraction of sp³-hybridized carbons (Fsp3) is 0.538. The second-order valence-corrected chi connectivity index (χ2v) is 9.69. The van der Waals surface area contributed by atoms with Gasteiger partial charge in [-0.2, -0.15) is 5.26 Å². The minimum absolute atomic E-state index is 0. The fourth-order valence-electron chi connectivity index (χ4n) is 5.39. The number of anilines is 2. The van der Waals surface area contributed by atoms with Crippen LogP contribution in [0.4, 0.5) is 11.6 Å². The number of hydrogen-bond acceptors (Lipinski definition) is 7. The van der Waals surface area contributed by atoms with Crippen LogP contribution in [0.15, 0.2) is 30.3 Å². The van der Waals surface area contributed by atoms with Crippen molar-refractivity contribution in [2.24, 2.45) is 0 Å². The van der Waals surface area contributed by atoms with E-state index < -0.39 is 0 Å². The van der Waals surface area contributed by atoms with Gasteiger partial charge in [0.1, 0.15) is 17.7 Å². The van der Waals surface area contributed by atoms with Crippen molar-refractivity contribution in [3.8, 4) is 6.07 Å². The number of hydrogen-bond donors (Lipinski definition) is 1. The summed E-state index contributed by atoms with van der Waals surface area (Å²) in [5.41, 5.74) is 4.61. The third kappa shape index (κ3) is 5.01. The van der Waals surface area contributed by atoms with E-state index in [1.807, 2.05) is 0 Å². The number of halogens is 1. The molecule has 0 bridgehead atoms. The van der Waals surface area contributed by atoms with E-state index in [4.69, 9.17) is 4.98 Å². The van der Waals surface area contributed by atoms with E-state index in [2.05, 4.69) is 75.3 Å². The molecule has 2 aromatic rings. The maximum Gasteiger partial charge on any atom is 0.149 e. The summed E-state index contributed by atoms with van der Waals surface area (Å²) in [6.07, 6.45) is 0.943. The number of benzene rings is 1. The lowest BCUT2D eigenvalue weighted by molar-refractivity contribution is 0.245. The number of nitrogens with zero attached hydrogens (tertiary/aromatic N) is 6. The van der Waals surface area contributed by atoms with Crippen LogP contribution < -0.4 is 15.1 Å². The van der Waals surface area contributed by atoms with Gasteiger partial charge in [-0.3, -0.25) is 4.90 Å². The standard InChI is InChI=1S/C26H35N7.ClH/c1-20-17-28-9-11-33(20)26-22-8-10-31(18-21-6-4-3-5-7-21)19-24(22)23(16-27)25(29-26)32-14-12-30(2)13-15-32;/h3-7,20,28H,8-15,17-19H2,1-2H3;1H/t20-;/m1./s1. The molecule has 3 aliphatic heterocycles. The van der Waals surface area contributed by atoms with Crippen LogP contribution in [-0.4, -0.2) is 80.2 Å². The smallest absolute Gasteiger partial charge is 0.149 e. The highest BCUT2D eigenvalue weighted by Crippen LogP contribution is 2.36. The van der Waals surface area contributed by atoms with Gasteiger partial charge >= 0.3 is 0 Å². The number of aromatic nitrogens is 1. The normalized spacial score (nSPS) is 21.5. The van der Waals surface area contributed by atoms with Crippen LogP contribution >= 0.6 is 12.4 Å². The van der Waals surface area contributed by atoms with Gasteiger partial charge in [0, 0.05) is 77.1 Å². The van der Waals surface area contributed by atoms with E-state index in [-0.39, 0.29) is 12.4 Å².